The molecular weight excluding hydrogens is 233 g/mol. The van der Waals surface area contributed by atoms with Crippen LogP contribution in [0, 0.1) is 0 Å². The molecule has 4 heteroatoms. The number of hydrogen-bond donors (Lipinski definition) is 1. The van der Waals surface area contributed by atoms with Crippen LogP contribution in [0.5, 0.6) is 0 Å². The van der Waals surface area contributed by atoms with Gasteiger partial charge in [-0.3, -0.25) is 4.79 Å². The SMILES string of the molecule is CNCCCC(=O)c1ccc(Cl)c(Cl)c1. The van der Waals surface area contributed by atoms with Crippen molar-refractivity contribution >= 4 is 29.0 Å². The van der Waals surface area contributed by atoms with Crippen LogP contribution in [0.15, 0.2) is 18.2 Å². The highest BCUT2D eigenvalue weighted by atomic mass is 35.5. The Labute approximate surface area is 99.6 Å². The van der Waals surface area contributed by atoms with Crippen molar-refractivity contribution in [3.05, 3.63) is 33.8 Å². The normalized spacial score (nSPS) is 10.3. The number of benzene rings is 1. The predicted molar refractivity (Wildman–Crippen MR) is 64.0 cm³/mol. The molecule has 2 nitrogen and oxygen atoms in total. The van der Waals surface area contributed by atoms with Gasteiger partial charge in [-0.2, -0.15) is 0 Å². The van der Waals surface area contributed by atoms with Crippen molar-refractivity contribution in [2.75, 3.05) is 13.6 Å². The number of nitrogens with one attached hydrogen (secondary N) is 1. The van der Waals surface area contributed by atoms with E-state index < -0.39 is 0 Å². The molecule has 1 N–H and O–H groups in total. The topological polar surface area (TPSA) is 29.1 Å². The number of halogens is 2. The number of carbonyl (C=O) groups excluding carboxylic acids is 1. The summed E-state index contributed by atoms with van der Waals surface area (Å²) in [4.78, 5) is 11.7. The summed E-state index contributed by atoms with van der Waals surface area (Å²) in [5, 5.41) is 3.90. The van der Waals surface area contributed by atoms with Gasteiger partial charge in [0.1, 0.15) is 0 Å². The van der Waals surface area contributed by atoms with E-state index in [-0.39, 0.29) is 5.78 Å². The van der Waals surface area contributed by atoms with Gasteiger partial charge >= 0.3 is 0 Å². The predicted octanol–water partition coefficient (Wildman–Crippen LogP) is 3.18. The molecule has 82 valence electrons. The molecule has 0 aliphatic rings. The minimum Gasteiger partial charge on any atom is -0.320 e. The summed E-state index contributed by atoms with van der Waals surface area (Å²) in [5.41, 5.74) is 0.625. The highest BCUT2D eigenvalue weighted by Crippen LogP contribution is 2.23. The summed E-state index contributed by atoms with van der Waals surface area (Å²) >= 11 is 11.6. The lowest BCUT2D eigenvalue weighted by Gasteiger charge is -2.02. The van der Waals surface area contributed by atoms with E-state index in [1.807, 2.05) is 7.05 Å². The quantitative estimate of drug-likeness (QED) is 0.638. The highest BCUT2D eigenvalue weighted by molar-refractivity contribution is 6.42. The zero-order chi connectivity index (χ0) is 11.3. The summed E-state index contributed by atoms with van der Waals surface area (Å²) in [6, 6.07) is 4.97. The minimum atomic E-state index is 0.101. The van der Waals surface area contributed by atoms with E-state index in [4.69, 9.17) is 23.2 Å². The molecule has 0 saturated heterocycles. The molecule has 1 rings (SSSR count). The van der Waals surface area contributed by atoms with Gasteiger partial charge in [-0.25, -0.2) is 0 Å². The minimum absolute atomic E-state index is 0.101. The second kappa shape index (κ2) is 6.11. The van der Waals surface area contributed by atoms with Gasteiger partial charge in [-0.1, -0.05) is 23.2 Å². The summed E-state index contributed by atoms with van der Waals surface area (Å²) in [5.74, 6) is 0.101. The Bertz CT molecular complexity index is 352. The van der Waals surface area contributed by atoms with E-state index in [1.165, 1.54) is 0 Å². The first kappa shape index (κ1) is 12.5. The van der Waals surface area contributed by atoms with Gasteiger partial charge in [0.15, 0.2) is 5.78 Å². The maximum atomic E-state index is 11.7. The van der Waals surface area contributed by atoms with Crippen molar-refractivity contribution in [2.45, 2.75) is 12.8 Å². The standard InChI is InChI=1S/C11H13Cl2NO/c1-14-6-2-3-11(15)8-4-5-9(12)10(13)7-8/h4-5,7,14H,2-3,6H2,1H3. The second-order valence-corrected chi connectivity index (χ2v) is 4.07. The van der Waals surface area contributed by atoms with Gasteiger partial charge in [-0.15, -0.1) is 0 Å². The molecule has 0 spiro atoms. The van der Waals surface area contributed by atoms with Gasteiger partial charge in [0.05, 0.1) is 10.0 Å². The molecule has 0 radical (unpaired) electrons. The average molecular weight is 246 g/mol. The molecule has 15 heavy (non-hydrogen) atoms. The van der Waals surface area contributed by atoms with Crippen molar-refractivity contribution in [2.24, 2.45) is 0 Å². The van der Waals surface area contributed by atoms with Crippen LogP contribution in [-0.2, 0) is 0 Å². The third-order valence-corrected chi connectivity index (χ3v) is 2.81. The van der Waals surface area contributed by atoms with E-state index in [0.29, 0.717) is 22.0 Å². The van der Waals surface area contributed by atoms with Crippen molar-refractivity contribution in [1.29, 1.82) is 0 Å². The van der Waals surface area contributed by atoms with Gasteiger partial charge in [0.25, 0.3) is 0 Å². The lowest BCUT2D eigenvalue weighted by molar-refractivity contribution is 0.0980. The second-order valence-electron chi connectivity index (χ2n) is 3.26. The summed E-state index contributed by atoms with van der Waals surface area (Å²) in [7, 11) is 1.86. The van der Waals surface area contributed by atoms with Crippen LogP contribution >= 0.6 is 23.2 Å². The molecule has 0 saturated carbocycles. The van der Waals surface area contributed by atoms with Crippen LogP contribution in [0.4, 0.5) is 0 Å². The number of Topliss-reactive ketones (excluding diaryl/α,β-unsaturated/α-hetero) is 1. The molecule has 0 fully saturated rings. The number of ketones is 1. The van der Waals surface area contributed by atoms with Gasteiger partial charge in [0, 0.05) is 12.0 Å². The fraction of sp³-hybridized carbons (Fsp3) is 0.364. The first-order chi connectivity index (χ1) is 7.15. The molecule has 0 aromatic heterocycles. The lowest BCUT2D eigenvalue weighted by atomic mass is 10.1. The molecule has 0 heterocycles. The molecule has 0 bridgehead atoms. The van der Waals surface area contributed by atoms with Crippen LogP contribution in [-0.4, -0.2) is 19.4 Å². The molecular formula is C11H13Cl2NO. The fourth-order valence-electron chi connectivity index (χ4n) is 1.24. The summed E-state index contributed by atoms with van der Waals surface area (Å²) in [6.45, 7) is 0.840. The molecule has 0 aliphatic carbocycles. The summed E-state index contributed by atoms with van der Waals surface area (Å²) < 4.78 is 0. The Morgan fingerprint density at radius 1 is 1.33 bits per heavy atom. The van der Waals surface area contributed by atoms with Crippen molar-refractivity contribution in [3.63, 3.8) is 0 Å². The van der Waals surface area contributed by atoms with Crippen molar-refractivity contribution in [1.82, 2.24) is 5.32 Å². The van der Waals surface area contributed by atoms with E-state index in [0.717, 1.165) is 13.0 Å². The zero-order valence-corrected chi connectivity index (χ0v) is 10.0. The Kier molecular flexibility index (Phi) is 5.09. The highest BCUT2D eigenvalue weighted by Gasteiger charge is 2.07. The molecule has 0 amide bonds. The van der Waals surface area contributed by atoms with Gasteiger partial charge in [-0.05, 0) is 38.2 Å². The molecule has 1 aromatic rings. The van der Waals surface area contributed by atoms with E-state index in [2.05, 4.69) is 5.32 Å². The first-order valence-electron chi connectivity index (χ1n) is 4.78. The van der Waals surface area contributed by atoms with Crippen LogP contribution in [0.3, 0.4) is 0 Å². The number of hydrogen-bond acceptors (Lipinski definition) is 2. The molecule has 0 unspecified atom stereocenters. The largest absolute Gasteiger partial charge is 0.320 e. The van der Waals surface area contributed by atoms with Crippen LogP contribution in [0.2, 0.25) is 10.0 Å². The maximum Gasteiger partial charge on any atom is 0.162 e. The molecule has 1 aromatic carbocycles. The number of rotatable bonds is 5. The van der Waals surface area contributed by atoms with Gasteiger partial charge in [0.2, 0.25) is 0 Å². The van der Waals surface area contributed by atoms with Crippen LogP contribution in [0.1, 0.15) is 23.2 Å². The Morgan fingerprint density at radius 2 is 2.07 bits per heavy atom. The van der Waals surface area contributed by atoms with Crippen LogP contribution in [0.25, 0.3) is 0 Å². The van der Waals surface area contributed by atoms with E-state index >= 15 is 0 Å². The molecule has 0 aliphatic heterocycles. The Balaban J connectivity index is 2.62. The first-order valence-corrected chi connectivity index (χ1v) is 5.53. The monoisotopic (exact) mass is 245 g/mol. The van der Waals surface area contributed by atoms with Crippen LogP contribution < -0.4 is 5.32 Å². The van der Waals surface area contributed by atoms with Crippen molar-refractivity contribution in [3.8, 4) is 0 Å². The number of carbonyl (C=O) groups is 1. The van der Waals surface area contributed by atoms with Crippen molar-refractivity contribution < 1.29 is 4.79 Å². The maximum absolute atomic E-state index is 11.7. The lowest BCUT2D eigenvalue weighted by Crippen LogP contribution is -2.10. The van der Waals surface area contributed by atoms with E-state index in [1.54, 1.807) is 18.2 Å². The van der Waals surface area contributed by atoms with E-state index in [9.17, 15) is 4.79 Å². The third-order valence-electron chi connectivity index (χ3n) is 2.07. The fourth-order valence-corrected chi connectivity index (χ4v) is 1.54. The average Bonchev–Trinajstić information content (AvgIpc) is 2.22. The zero-order valence-electron chi connectivity index (χ0n) is 8.52. The smallest absolute Gasteiger partial charge is 0.162 e. The summed E-state index contributed by atoms with van der Waals surface area (Å²) in [6.07, 6.45) is 1.36. The molecule has 0 atom stereocenters. The Hall–Kier alpha value is -0.570. The Morgan fingerprint density at radius 3 is 2.67 bits per heavy atom. The third kappa shape index (κ3) is 3.82. The van der Waals surface area contributed by atoms with Gasteiger partial charge < -0.3 is 5.32 Å².